The third kappa shape index (κ3) is 1.52. The summed E-state index contributed by atoms with van der Waals surface area (Å²) in [6.07, 6.45) is 1.22. The van der Waals surface area contributed by atoms with E-state index in [1.165, 1.54) is 6.42 Å². The second kappa shape index (κ2) is 3.20. The third-order valence-corrected chi connectivity index (χ3v) is 2.97. The first-order valence-electron chi connectivity index (χ1n) is 5.26. The van der Waals surface area contributed by atoms with E-state index in [9.17, 15) is 0 Å². The molecule has 2 atom stereocenters. The van der Waals surface area contributed by atoms with Crippen LogP contribution < -0.4 is 5.32 Å². The summed E-state index contributed by atoms with van der Waals surface area (Å²) in [7, 11) is 0. The standard InChI is InChI=1S/C10H19N3/c1-7(2)9-4-5-11-10-12-8(3)6-13(9)10/h7-9H,4-6H2,1-3H3,(H,11,12). The third-order valence-electron chi connectivity index (χ3n) is 2.97. The highest BCUT2D eigenvalue weighted by molar-refractivity contribution is 5.83. The van der Waals surface area contributed by atoms with Crippen LogP contribution in [-0.4, -0.2) is 36.0 Å². The van der Waals surface area contributed by atoms with Crippen LogP contribution in [0.4, 0.5) is 0 Å². The molecule has 0 aromatic carbocycles. The van der Waals surface area contributed by atoms with Gasteiger partial charge in [-0.2, -0.15) is 0 Å². The van der Waals surface area contributed by atoms with Crippen LogP contribution in [0.25, 0.3) is 0 Å². The molecule has 0 aromatic heterocycles. The molecular weight excluding hydrogens is 162 g/mol. The van der Waals surface area contributed by atoms with Crippen molar-refractivity contribution in [1.29, 1.82) is 0 Å². The minimum Gasteiger partial charge on any atom is -0.352 e. The van der Waals surface area contributed by atoms with E-state index in [-0.39, 0.29) is 0 Å². The maximum absolute atomic E-state index is 4.51. The van der Waals surface area contributed by atoms with E-state index in [4.69, 9.17) is 0 Å². The summed E-state index contributed by atoms with van der Waals surface area (Å²) in [6, 6.07) is 1.27. The van der Waals surface area contributed by atoms with Gasteiger partial charge >= 0.3 is 0 Å². The van der Waals surface area contributed by atoms with E-state index in [2.05, 4.69) is 36.0 Å². The Kier molecular flexibility index (Phi) is 2.18. The predicted molar refractivity (Wildman–Crippen MR) is 54.8 cm³/mol. The number of rotatable bonds is 1. The monoisotopic (exact) mass is 181 g/mol. The van der Waals surface area contributed by atoms with Gasteiger partial charge in [-0.05, 0) is 19.3 Å². The summed E-state index contributed by atoms with van der Waals surface area (Å²) in [5.74, 6) is 1.87. The lowest BCUT2D eigenvalue weighted by molar-refractivity contribution is 0.237. The SMILES string of the molecule is CC1CN2C(=NCCC2C(C)C)N1. The van der Waals surface area contributed by atoms with Crippen molar-refractivity contribution in [3.8, 4) is 0 Å². The molecule has 0 aliphatic carbocycles. The number of nitrogens with one attached hydrogen (secondary N) is 1. The van der Waals surface area contributed by atoms with Crippen molar-refractivity contribution >= 4 is 5.96 Å². The van der Waals surface area contributed by atoms with Crippen molar-refractivity contribution in [2.24, 2.45) is 10.9 Å². The minimum absolute atomic E-state index is 0.568. The summed E-state index contributed by atoms with van der Waals surface area (Å²) < 4.78 is 0. The van der Waals surface area contributed by atoms with Crippen molar-refractivity contribution in [2.45, 2.75) is 39.3 Å². The zero-order valence-electron chi connectivity index (χ0n) is 8.75. The lowest BCUT2D eigenvalue weighted by Crippen LogP contribution is -2.45. The summed E-state index contributed by atoms with van der Waals surface area (Å²) in [5.41, 5.74) is 0. The van der Waals surface area contributed by atoms with Gasteiger partial charge in [0.15, 0.2) is 5.96 Å². The highest BCUT2D eigenvalue weighted by Gasteiger charge is 2.33. The van der Waals surface area contributed by atoms with Gasteiger partial charge in [0.25, 0.3) is 0 Å². The second-order valence-corrected chi connectivity index (χ2v) is 4.50. The first-order valence-corrected chi connectivity index (χ1v) is 5.26. The topological polar surface area (TPSA) is 27.6 Å². The molecule has 0 radical (unpaired) electrons. The Morgan fingerprint density at radius 1 is 1.54 bits per heavy atom. The smallest absolute Gasteiger partial charge is 0.194 e. The first-order chi connectivity index (χ1) is 6.18. The molecule has 2 aliphatic heterocycles. The number of aliphatic imine (C=N–C) groups is 1. The number of guanidine groups is 1. The van der Waals surface area contributed by atoms with Gasteiger partial charge < -0.3 is 10.2 Å². The fraction of sp³-hybridized carbons (Fsp3) is 0.900. The van der Waals surface area contributed by atoms with E-state index in [0.29, 0.717) is 12.1 Å². The Balaban J connectivity index is 2.14. The summed E-state index contributed by atoms with van der Waals surface area (Å²) in [4.78, 5) is 6.95. The van der Waals surface area contributed by atoms with Gasteiger partial charge in [0.2, 0.25) is 0 Å². The normalized spacial score (nSPS) is 32.9. The van der Waals surface area contributed by atoms with Crippen molar-refractivity contribution in [1.82, 2.24) is 10.2 Å². The molecule has 0 aromatic rings. The highest BCUT2D eigenvalue weighted by Crippen LogP contribution is 2.21. The Bertz CT molecular complexity index is 222. The minimum atomic E-state index is 0.568. The largest absolute Gasteiger partial charge is 0.352 e. The number of fused-ring (bicyclic) bond motifs is 1. The Hall–Kier alpha value is -0.730. The van der Waals surface area contributed by atoms with Crippen LogP contribution in [0.3, 0.4) is 0 Å². The molecule has 1 fully saturated rings. The van der Waals surface area contributed by atoms with Crippen LogP contribution >= 0.6 is 0 Å². The lowest BCUT2D eigenvalue weighted by Gasteiger charge is -2.34. The van der Waals surface area contributed by atoms with Crippen LogP contribution in [-0.2, 0) is 0 Å². The van der Waals surface area contributed by atoms with Crippen LogP contribution in [0, 0.1) is 5.92 Å². The molecule has 3 nitrogen and oxygen atoms in total. The molecule has 0 amide bonds. The maximum atomic E-state index is 4.51. The second-order valence-electron chi connectivity index (χ2n) is 4.50. The summed E-state index contributed by atoms with van der Waals surface area (Å²) >= 11 is 0. The van der Waals surface area contributed by atoms with Gasteiger partial charge in [-0.25, -0.2) is 0 Å². The average molecular weight is 181 g/mol. The van der Waals surface area contributed by atoms with E-state index < -0.39 is 0 Å². The van der Waals surface area contributed by atoms with E-state index in [1.54, 1.807) is 0 Å². The molecule has 2 aliphatic rings. The maximum Gasteiger partial charge on any atom is 0.194 e. The van der Waals surface area contributed by atoms with Crippen molar-refractivity contribution in [2.75, 3.05) is 13.1 Å². The van der Waals surface area contributed by atoms with E-state index in [1.807, 2.05) is 0 Å². The zero-order chi connectivity index (χ0) is 9.42. The van der Waals surface area contributed by atoms with E-state index >= 15 is 0 Å². The van der Waals surface area contributed by atoms with Gasteiger partial charge in [-0.3, -0.25) is 4.99 Å². The molecule has 2 rings (SSSR count). The zero-order valence-corrected chi connectivity index (χ0v) is 8.75. The lowest BCUT2D eigenvalue weighted by atomic mass is 9.98. The molecule has 3 heteroatoms. The summed E-state index contributed by atoms with van der Waals surface area (Å²) in [5, 5.41) is 3.42. The molecular formula is C10H19N3. The Labute approximate surface area is 80.2 Å². The molecule has 1 saturated heterocycles. The highest BCUT2D eigenvalue weighted by atomic mass is 15.4. The van der Waals surface area contributed by atoms with Gasteiger partial charge in [0, 0.05) is 25.2 Å². The van der Waals surface area contributed by atoms with Gasteiger partial charge in [0.05, 0.1) is 0 Å². The molecule has 0 bridgehead atoms. The first kappa shape index (κ1) is 8.85. The number of nitrogens with zero attached hydrogens (tertiary/aromatic N) is 2. The van der Waals surface area contributed by atoms with Crippen LogP contribution in [0.5, 0.6) is 0 Å². The Morgan fingerprint density at radius 3 is 3.00 bits per heavy atom. The quantitative estimate of drug-likeness (QED) is 0.655. The van der Waals surface area contributed by atoms with Gasteiger partial charge in [-0.1, -0.05) is 13.8 Å². The van der Waals surface area contributed by atoms with Gasteiger partial charge in [0.1, 0.15) is 0 Å². The van der Waals surface area contributed by atoms with Crippen LogP contribution in [0.1, 0.15) is 27.2 Å². The van der Waals surface area contributed by atoms with Gasteiger partial charge in [-0.15, -0.1) is 0 Å². The van der Waals surface area contributed by atoms with Crippen LogP contribution in [0.15, 0.2) is 4.99 Å². The molecule has 0 spiro atoms. The average Bonchev–Trinajstić information content (AvgIpc) is 2.43. The molecule has 2 heterocycles. The molecule has 1 N–H and O–H groups in total. The molecule has 0 saturated carbocycles. The molecule has 74 valence electrons. The fourth-order valence-corrected chi connectivity index (χ4v) is 2.31. The Morgan fingerprint density at radius 2 is 2.31 bits per heavy atom. The number of hydrogen-bond acceptors (Lipinski definition) is 3. The van der Waals surface area contributed by atoms with Crippen molar-refractivity contribution in [3.05, 3.63) is 0 Å². The van der Waals surface area contributed by atoms with E-state index in [0.717, 1.165) is 25.0 Å². The fourth-order valence-electron chi connectivity index (χ4n) is 2.31. The molecule has 2 unspecified atom stereocenters. The number of hydrogen-bond donors (Lipinski definition) is 1. The molecule has 13 heavy (non-hydrogen) atoms. The summed E-state index contributed by atoms with van der Waals surface area (Å²) in [6.45, 7) is 8.95. The predicted octanol–water partition coefficient (Wildman–Crippen LogP) is 1.06. The van der Waals surface area contributed by atoms with Crippen molar-refractivity contribution in [3.63, 3.8) is 0 Å². The van der Waals surface area contributed by atoms with Crippen LogP contribution in [0.2, 0.25) is 0 Å². The van der Waals surface area contributed by atoms with Crippen molar-refractivity contribution < 1.29 is 0 Å².